The molecular weight excluding hydrogens is 240 g/mol. The van der Waals surface area contributed by atoms with Crippen LogP contribution in [0, 0.1) is 12.8 Å². The molecule has 1 aromatic heterocycles. The number of halogens is 1. The number of anilines is 1. The summed E-state index contributed by atoms with van der Waals surface area (Å²) in [6.07, 6.45) is 4.57. The minimum absolute atomic E-state index is 0.542. The number of hydrogen-bond acceptors (Lipinski definition) is 2. The molecule has 1 aliphatic carbocycles. The van der Waals surface area contributed by atoms with E-state index in [1.807, 2.05) is 12.3 Å². The zero-order chi connectivity index (χ0) is 10.1. The van der Waals surface area contributed by atoms with Gasteiger partial charge in [-0.25, -0.2) is 4.98 Å². The van der Waals surface area contributed by atoms with E-state index in [2.05, 4.69) is 40.1 Å². The van der Waals surface area contributed by atoms with Gasteiger partial charge in [0.25, 0.3) is 0 Å². The lowest BCUT2D eigenvalue weighted by molar-refractivity contribution is 0.690. The molecule has 76 valence electrons. The van der Waals surface area contributed by atoms with E-state index >= 15 is 0 Å². The van der Waals surface area contributed by atoms with Gasteiger partial charge >= 0.3 is 0 Å². The summed E-state index contributed by atoms with van der Waals surface area (Å²) in [5.74, 6) is 1.83. The van der Waals surface area contributed by atoms with Gasteiger partial charge in [0.05, 0.1) is 4.47 Å². The Kier molecular flexibility index (Phi) is 2.77. The van der Waals surface area contributed by atoms with Crippen LogP contribution in [0.4, 0.5) is 5.82 Å². The molecule has 1 aliphatic rings. The fraction of sp³-hybridized carbons (Fsp3) is 0.545. The molecule has 0 saturated heterocycles. The zero-order valence-electron chi connectivity index (χ0n) is 8.55. The molecule has 1 fully saturated rings. The molecular formula is C11H15BrN2. The van der Waals surface area contributed by atoms with Crippen LogP contribution < -0.4 is 5.32 Å². The molecule has 0 amide bonds. The second-order valence-electron chi connectivity index (χ2n) is 4.06. The third kappa shape index (κ3) is 2.08. The van der Waals surface area contributed by atoms with Gasteiger partial charge in [-0.2, -0.15) is 0 Å². The first-order valence-corrected chi connectivity index (χ1v) is 5.85. The van der Waals surface area contributed by atoms with Crippen molar-refractivity contribution in [2.75, 3.05) is 5.32 Å². The van der Waals surface area contributed by atoms with E-state index in [1.165, 1.54) is 18.4 Å². The largest absolute Gasteiger partial charge is 0.366 e. The fourth-order valence-corrected chi connectivity index (χ4v) is 1.92. The predicted octanol–water partition coefficient (Wildman–Crippen LogP) is 3.36. The first-order valence-electron chi connectivity index (χ1n) is 5.06. The molecule has 0 aliphatic heterocycles. The molecule has 0 spiro atoms. The lowest BCUT2D eigenvalue weighted by atomic mass is 10.2. The Morgan fingerprint density at radius 1 is 1.57 bits per heavy atom. The van der Waals surface area contributed by atoms with E-state index in [4.69, 9.17) is 0 Å². The molecule has 14 heavy (non-hydrogen) atoms. The van der Waals surface area contributed by atoms with Crippen molar-refractivity contribution >= 4 is 21.7 Å². The van der Waals surface area contributed by atoms with Crippen molar-refractivity contribution in [2.45, 2.75) is 32.7 Å². The van der Waals surface area contributed by atoms with Crippen molar-refractivity contribution in [3.05, 3.63) is 22.3 Å². The van der Waals surface area contributed by atoms with Gasteiger partial charge in [0.15, 0.2) is 0 Å². The van der Waals surface area contributed by atoms with Gasteiger partial charge < -0.3 is 5.32 Å². The second-order valence-corrected chi connectivity index (χ2v) is 4.85. The zero-order valence-corrected chi connectivity index (χ0v) is 10.1. The molecule has 1 unspecified atom stereocenters. The van der Waals surface area contributed by atoms with Crippen LogP contribution in [0.15, 0.2) is 16.7 Å². The van der Waals surface area contributed by atoms with Gasteiger partial charge in [-0.1, -0.05) is 0 Å². The Hall–Kier alpha value is -0.570. The summed E-state index contributed by atoms with van der Waals surface area (Å²) in [6, 6.07) is 2.55. The van der Waals surface area contributed by atoms with Crippen LogP contribution in [0.2, 0.25) is 0 Å². The second kappa shape index (κ2) is 3.89. The van der Waals surface area contributed by atoms with Crippen molar-refractivity contribution in [1.82, 2.24) is 4.98 Å². The average Bonchev–Trinajstić information content (AvgIpc) is 2.95. The smallest absolute Gasteiger partial charge is 0.140 e. The van der Waals surface area contributed by atoms with Crippen LogP contribution in [0.5, 0.6) is 0 Å². The Labute approximate surface area is 93.3 Å². The maximum atomic E-state index is 4.33. The number of nitrogens with zero attached hydrogens (tertiary/aromatic N) is 1. The van der Waals surface area contributed by atoms with E-state index in [0.29, 0.717) is 6.04 Å². The van der Waals surface area contributed by atoms with Gasteiger partial charge in [0, 0.05) is 12.2 Å². The van der Waals surface area contributed by atoms with Crippen molar-refractivity contribution in [1.29, 1.82) is 0 Å². The summed E-state index contributed by atoms with van der Waals surface area (Å²) in [5, 5.41) is 3.45. The summed E-state index contributed by atoms with van der Waals surface area (Å²) in [5.41, 5.74) is 1.23. The molecule has 0 bridgehead atoms. The number of aryl methyl sites for hydroxylation is 1. The van der Waals surface area contributed by atoms with Crippen molar-refractivity contribution in [2.24, 2.45) is 5.92 Å². The Bertz CT molecular complexity index is 334. The maximum absolute atomic E-state index is 4.33. The minimum Gasteiger partial charge on any atom is -0.366 e. The molecule has 1 N–H and O–H groups in total. The third-order valence-corrected chi connectivity index (χ3v) is 3.78. The van der Waals surface area contributed by atoms with Crippen LogP contribution in [-0.2, 0) is 0 Å². The average molecular weight is 255 g/mol. The monoisotopic (exact) mass is 254 g/mol. The topological polar surface area (TPSA) is 24.9 Å². The highest BCUT2D eigenvalue weighted by Crippen LogP contribution is 2.35. The Morgan fingerprint density at radius 2 is 2.29 bits per heavy atom. The number of nitrogens with one attached hydrogen (secondary N) is 1. The van der Waals surface area contributed by atoms with E-state index < -0.39 is 0 Å². The van der Waals surface area contributed by atoms with Crippen LogP contribution >= 0.6 is 15.9 Å². The fourth-order valence-electron chi connectivity index (χ4n) is 1.57. The summed E-state index contributed by atoms with van der Waals surface area (Å²) >= 11 is 3.55. The Morgan fingerprint density at radius 3 is 2.93 bits per heavy atom. The molecule has 0 radical (unpaired) electrons. The normalized spacial score (nSPS) is 17.9. The van der Waals surface area contributed by atoms with Crippen LogP contribution in [-0.4, -0.2) is 11.0 Å². The molecule has 1 atom stereocenters. The molecule has 2 rings (SSSR count). The molecule has 1 heterocycles. The lowest BCUT2D eigenvalue weighted by Crippen LogP contribution is -2.18. The number of pyridine rings is 1. The van der Waals surface area contributed by atoms with Crippen LogP contribution in [0.3, 0.4) is 0 Å². The van der Waals surface area contributed by atoms with Gasteiger partial charge in [0.1, 0.15) is 5.82 Å². The molecule has 1 saturated carbocycles. The van der Waals surface area contributed by atoms with E-state index in [9.17, 15) is 0 Å². The summed E-state index contributed by atoms with van der Waals surface area (Å²) in [7, 11) is 0. The van der Waals surface area contributed by atoms with Crippen LogP contribution in [0.1, 0.15) is 25.3 Å². The van der Waals surface area contributed by atoms with E-state index in [-0.39, 0.29) is 0 Å². The molecule has 1 aromatic rings. The molecule has 2 nitrogen and oxygen atoms in total. The highest BCUT2D eigenvalue weighted by molar-refractivity contribution is 9.10. The van der Waals surface area contributed by atoms with Gasteiger partial charge in [-0.05, 0) is 60.2 Å². The predicted molar refractivity (Wildman–Crippen MR) is 62.5 cm³/mol. The van der Waals surface area contributed by atoms with Crippen molar-refractivity contribution < 1.29 is 0 Å². The maximum Gasteiger partial charge on any atom is 0.140 e. The summed E-state index contributed by atoms with van der Waals surface area (Å²) in [4.78, 5) is 4.33. The minimum atomic E-state index is 0.542. The quantitative estimate of drug-likeness (QED) is 0.895. The SMILES string of the molecule is Cc1ccnc(NC(C)C2CC2)c1Br. The molecule has 3 heteroatoms. The van der Waals surface area contributed by atoms with E-state index in [0.717, 1.165) is 16.2 Å². The van der Waals surface area contributed by atoms with Gasteiger partial charge in [0.2, 0.25) is 0 Å². The summed E-state index contributed by atoms with van der Waals surface area (Å²) < 4.78 is 1.09. The van der Waals surface area contributed by atoms with Crippen LogP contribution in [0.25, 0.3) is 0 Å². The van der Waals surface area contributed by atoms with Crippen molar-refractivity contribution in [3.63, 3.8) is 0 Å². The van der Waals surface area contributed by atoms with Crippen molar-refractivity contribution in [3.8, 4) is 0 Å². The first kappa shape index (κ1) is 9.97. The summed E-state index contributed by atoms with van der Waals surface area (Å²) in [6.45, 7) is 4.31. The highest BCUT2D eigenvalue weighted by Gasteiger charge is 2.28. The number of rotatable bonds is 3. The lowest BCUT2D eigenvalue weighted by Gasteiger charge is -2.15. The van der Waals surface area contributed by atoms with Gasteiger partial charge in [-0.3, -0.25) is 0 Å². The third-order valence-electron chi connectivity index (χ3n) is 2.78. The Balaban J connectivity index is 2.11. The first-order chi connectivity index (χ1) is 6.68. The number of hydrogen-bond donors (Lipinski definition) is 1. The highest BCUT2D eigenvalue weighted by atomic mass is 79.9. The standard InChI is InChI=1S/C11H15BrN2/c1-7-5-6-13-11(10(7)12)14-8(2)9-3-4-9/h5-6,8-9H,3-4H2,1-2H3,(H,13,14). The van der Waals surface area contributed by atoms with Gasteiger partial charge in [-0.15, -0.1) is 0 Å². The van der Waals surface area contributed by atoms with E-state index in [1.54, 1.807) is 0 Å². The molecule has 0 aromatic carbocycles. The number of aromatic nitrogens is 1.